The van der Waals surface area contributed by atoms with Crippen LogP contribution in [0.2, 0.25) is 25.2 Å². The van der Waals surface area contributed by atoms with Crippen molar-refractivity contribution in [1.29, 1.82) is 0 Å². The lowest BCUT2D eigenvalue weighted by atomic mass is 9.57. The molecular formula is C17H30OSi. The molecule has 2 saturated carbocycles. The Morgan fingerprint density at radius 3 is 2.47 bits per heavy atom. The van der Waals surface area contributed by atoms with Gasteiger partial charge in [0.05, 0.1) is 6.10 Å². The molecule has 0 amide bonds. The van der Waals surface area contributed by atoms with Crippen LogP contribution in [0, 0.1) is 11.3 Å². The lowest BCUT2D eigenvalue weighted by molar-refractivity contribution is 0.0349. The van der Waals surface area contributed by atoms with E-state index in [1.807, 2.05) is 0 Å². The highest BCUT2D eigenvalue weighted by Crippen LogP contribution is 2.71. The Labute approximate surface area is 119 Å². The van der Waals surface area contributed by atoms with Crippen molar-refractivity contribution in [3.63, 3.8) is 0 Å². The molecule has 0 aromatic heterocycles. The lowest BCUT2D eigenvalue weighted by Crippen LogP contribution is -2.54. The summed E-state index contributed by atoms with van der Waals surface area (Å²) in [5.74, 6) is 0.707. The fourth-order valence-electron chi connectivity index (χ4n) is 5.50. The van der Waals surface area contributed by atoms with Crippen molar-refractivity contribution in [2.45, 2.75) is 82.8 Å². The molecule has 0 bridgehead atoms. The minimum absolute atomic E-state index is 0.234. The molecule has 0 N–H and O–H groups in total. The van der Waals surface area contributed by atoms with E-state index in [4.69, 9.17) is 4.74 Å². The molecule has 1 spiro atoms. The summed E-state index contributed by atoms with van der Waals surface area (Å²) in [7, 11) is -1.11. The topological polar surface area (TPSA) is 12.5 Å². The summed E-state index contributed by atoms with van der Waals surface area (Å²) in [5.41, 5.74) is 3.00. The molecule has 1 saturated heterocycles. The van der Waals surface area contributed by atoms with Crippen LogP contribution < -0.4 is 0 Å². The van der Waals surface area contributed by atoms with E-state index in [0.29, 0.717) is 17.4 Å². The molecule has 3 aliphatic rings. The van der Waals surface area contributed by atoms with Crippen LogP contribution in [-0.4, -0.2) is 19.8 Å². The molecule has 0 radical (unpaired) electrons. The van der Waals surface area contributed by atoms with Gasteiger partial charge in [0.1, 0.15) is 5.60 Å². The van der Waals surface area contributed by atoms with Crippen molar-refractivity contribution in [3.8, 4) is 0 Å². The Kier molecular flexibility index (Phi) is 2.90. The van der Waals surface area contributed by atoms with E-state index >= 15 is 0 Å². The third kappa shape index (κ3) is 1.82. The van der Waals surface area contributed by atoms with Gasteiger partial charge in [0.15, 0.2) is 0 Å². The zero-order chi connectivity index (χ0) is 14.1. The standard InChI is InChI=1S/C17H30OSi/c1-12(2)13-9-10-16(3)15(19(4,5)6)8-7-14-17(16,11-13)18-14/h13-15H,1,7-11H2,2-6H3/t13-,14+,15+,16+,17+/m1/s1. The van der Waals surface area contributed by atoms with Gasteiger partial charge in [0, 0.05) is 8.07 Å². The average Bonchev–Trinajstić information content (AvgIpc) is 2.98. The smallest absolute Gasteiger partial charge is 0.101 e. The van der Waals surface area contributed by atoms with Crippen LogP contribution in [0.25, 0.3) is 0 Å². The number of hydrogen-bond acceptors (Lipinski definition) is 1. The van der Waals surface area contributed by atoms with E-state index < -0.39 is 8.07 Å². The molecule has 19 heavy (non-hydrogen) atoms. The van der Waals surface area contributed by atoms with Gasteiger partial charge in [0.25, 0.3) is 0 Å². The molecule has 3 rings (SSSR count). The van der Waals surface area contributed by atoms with Gasteiger partial charge in [-0.2, -0.15) is 0 Å². The van der Waals surface area contributed by atoms with E-state index in [1.54, 1.807) is 0 Å². The molecule has 0 aromatic carbocycles. The summed E-state index contributed by atoms with van der Waals surface area (Å²) in [6.45, 7) is 16.7. The summed E-state index contributed by atoms with van der Waals surface area (Å²) in [4.78, 5) is 0. The lowest BCUT2D eigenvalue weighted by Gasteiger charge is -2.54. The first-order chi connectivity index (χ1) is 8.71. The molecule has 1 heterocycles. The average molecular weight is 279 g/mol. The SMILES string of the molecule is C=C(C)[C@@H]1CC[C@@]2(C)[C@@H]([Si](C)(C)C)CC[C@@H]3O[C@@]32C1. The Hall–Kier alpha value is -0.0831. The van der Waals surface area contributed by atoms with E-state index in [9.17, 15) is 0 Å². The first-order valence-electron chi connectivity index (χ1n) is 8.04. The van der Waals surface area contributed by atoms with Gasteiger partial charge >= 0.3 is 0 Å². The van der Waals surface area contributed by atoms with Crippen LogP contribution in [0.1, 0.15) is 46.0 Å². The molecule has 5 atom stereocenters. The molecule has 2 aliphatic carbocycles. The van der Waals surface area contributed by atoms with E-state index in [0.717, 1.165) is 5.54 Å². The normalized spacial score (nSPS) is 49.2. The minimum atomic E-state index is -1.11. The first-order valence-corrected chi connectivity index (χ1v) is 11.6. The van der Waals surface area contributed by atoms with Gasteiger partial charge in [-0.1, -0.05) is 38.7 Å². The highest BCUT2D eigenvalue weighted by atomic mass is 28.3. The molecule has 0 aromatic rings. The zero-order valence-corrected chi connectivity index (χ0v) is 14.4. The summed E-state index contributed by atoms with van der Waals surface area (Å²) in [5, 5.41) is 0. The fraction of sp³-hybridized carbons (Fsp3) is 0.882. The van der Waals surface area contributed by atoms with Gasteiger partial charge in [-0.3, -0.25) is 0 Å². The largest absolute Gasteiger partial charge is 0.365 e. The first kappa shape index (κ1) is 13.9. The van der Waals surface area contributed by atoms with Gasteiger partial charge in [0.2, 0.25) is 0 Å². The number of rotatable bonds is 2. The molecular weight excluding hydrogens is 248 g/mol. The summed E-state index contributed by atoms with van der Waals surface area (Å²) in [6.07, 6.45) is 7.25. The molecule has 3 fully saturated rings. The van der Waals surface area contributed by atoms with Crippen LogP contribution in [0.4, 0.5) is 0 Å². The fourth-order valence-corrected chi connectivity index (χ4v) is 8.83. The van der Waals surface area contributed by atoms with Crippen LogP contribution >= 0.6 is 0 Å². The summed E-state index contributed by atoms with van der Waals surface area (Å²) < 4.78 is 6.36. The van der Waals surface area contributed by atoms with Crippen LogP contribution in [0.15, 0.2) is 12.2 Å². The maximum absolute atomic E-state index is 6.36. The number of ether oxygens (including phenoxy) is 1. The second-order valence-corrected chi connectivity index (χ2v) is 14.1. The van der Waals surface area contributed by atoms with E-state index in [2.05, 4.69) is 40.1 Å². The van der Waals surface area contributed by atoms with Crippen molar-refractivity contribution in [1.82, 2.24) is 0 Å². The van der Waals surface area contributed by atoms with Gasteiger partial charge in [-0.15, -0.1) is 0 Å². The predicted octanol–water partition coefficient (Wildman–Crippen LogP) is 5.01. The van der Waals surface area contributed by atoms with E-state index in [-0.39, 0.29) is 5.60 Å². The van der Waals surface area contributed by atoms with Crippen molar-refractivity contribution in [2.75, 3.05) is 0 Å². The number of allylic oxidation sites excluding steroid dienone is 1. The highest BCUT2D eigenvalue weighted by Gasteiger charge is 2.73. The Balaban J connectivity index is 1.92. The van der Waals surface area contributed by atoms with Crippen molar-refractivity contribution in [2.24, 2.45) is 11.3 Å². The Bertz CT molecular complexity index is 410. The van der Waals surface area contributed by atoms with E-state index in [1.165, 1.54) is 37.7 Å². The van der Waals surface area contributed by atoms with Gasteiger partial charge < -0.3 is 4.74 Å². The van der Waals surface area contributed by atoms with Crippen LogP contribution in [0.5, 0.6) is 0 Å². The maximum atomic E-state index is 6.36. The van der Waals surface area contributed by atoms with Crippen LogP contribution in [0.3, 0.4) is 0 Å². The summed E-state index contributed by atoms with van der Waals surface area (Å²) >= 11 is 0. The second kappa shape index (κ2) is 3.97. The minimum Gasteiger partial charge on any atom is -0.365 e. The van der Waals surface area contributed by atoms with Crippen molar-refractivity contribution < 1.29 is 4.74 Å². The highest BCUT2D eigenvalue weighted by molar-refractivity contribution is 6.77. The number of epoxide rings is 1. The quantitative estimate of drug-likeness (QED) is 0.393. The van der Waals surface area contributed by atoms with Crippen molar-refractivity contribution >= 4 is 8.07 Å². The number of hydrogen-bond donors (Lipinski definition) is 0. The molecule has 108 valence electrons. The second-order valence-electron chi connectivity index (χ2n) is 8.70. The third-order valence-corrected chi connectivity index (χ3v) is 9.59. The predicted molar refractivity (Wildman–Crippen MR) is 84.2 cm³/mol. The third-order valence-electron chi connectivity index (χ3n) is 6.57. The molecule has 0 unspecified atom stereocenters. The molecule has 2 heteroatoms. The Morgan fingerprint density at radius 1 is 1.21 bits per heavy atom. The summed E-state index contributed by atoms with van der Waals surface area (Å²) in [6, 6.07) is 0. The van der Waals surface area contributed by atoms with Gasteiger partial charge in [-0.05, 0) is 55.9 Å². The monoisotopic (exact) mass is 278 g/mol. The van der Waals surface area contributed by atoms with Crippen LogP contribution in [-0.2, 0) is 4.74 Å². The van der Waals surface area contributed by atoms with Crippen molar-refractivity contribution in [3.05, 3.63) is 12.2 Å². The maximum Gasteiger partial charge on any atom is 0.101 e. The van der Waals surface area contributed by atoms with Gasteiger partial charge in [-0.25, -0.2) is 0 Å². The molecule has 1 aliphatic heterocycles. The molecule has 1 nitrogen and oxygen atoms in total. The zero-order valence-electron chi connectivity index (χ0n) is 13.4. The Morgan fingerprint density at radius 2 is 1.89 bits per heavy atom.